The number of anilines is 1. The van der Waals surface area contributed by atoms with E-state index in [-0.39, 0.29) is 24.2 Å². The molecule has 1 fully saturated rings. The fourth-order valence-electron chi connectivity index (χ4n) is 4.39. The van der Waals surface area contributed by atoms with E-state index in [9.17, 15) is 18.0 Å². The van der Waals surface area contributed by atoms with E-state index in [0.29, 0.717) is 29.3 Å². The summed E-state index contributed by atoms with van der Waals surface area (Å²) in [6.07, 6.45) is 1.26. The number of benzene rings is 1. The molecule has 1 aromatic heterocycles. The maximum absolute atomic E-state index is 13.8. The molecule has 8 heteroatoms. The summed E-state index contributed by atoms with van der Waals surface area (Å²) in [4.78, 5) is 16.5. The molecule has 3 N–H and O–H groups in total. The molecule has 1 aliphatic carbocycles. The van der Waals surface area contributed by atoms with Crippen LogP contribution in [-0.4, -0.2) is 23.0 Å². The number of pyridine rings is 1. The Labute approximate surface area is 192 Å². The molecule has 0 bridgehead atoms. The van der Waals surface area contributed by atoms with Gasteiger partial charge < -0.3 is 15.8 Å². The minimum absolute atomic E-state index is 0.0276. The molecule has 3 rings (SSSR count). The third kappa shape index (κ3) is 6.93. The summed E-state index contributed by atoms with van der Waals surface area (Å²) in [7, 11) is 0. The Kier molecular flexibility index (Phi) is 7.67. The molecular weight excluding hydrogens is 431 g/mol. The average Bonchev–Trinajstić information content (AvgIpc) is 3.26. The molecule has 0 saturated heterocycles. The van der Waals surface area contributed by atoms with Gasteiger partial charge in [0.05, 0.1) is 5.56 Å². The van der Waals surface area contributed by atoms with Crippen LogP contribution in [0, 0.1) is 11.8 Å². The van der Waals surface area contributed by atoms with E-state index < -0.39 is 17.3 Å². The van der Waals surface area contributed by atoms with Crippen molar-refractivity contribution in [3.05, 3.63) is 42.1 Å². The maximum Gasteiger partial charge on any atom is 0.419 e. The molecule has 1 amide bonds. The SMILES string of the molecule is CC(C)CC(C)(N)COc1ccc(-c2ccnc(NC(=O)C3CCCC3)c2)cc1C(F)(F)F. The highest BCUT2D eigenvalue weighted by Crippen LogP contribution is 2.39. The van der Waals surface area contributed by atoms with Gasteiger partial charge in [-0.3, -0.25) is 4.79 Å². The number of nitrogens with two attached hydrogens (primary N) is 1. The van der Waals surface area contributed by atoms with Crippen molar-refractivity contribution in [2.45, 2.75) is 64.6 Å². The largest absolute Gasteiger partial charge is 0.491 e. The smallest absolute Gasteiger partial charge is 0.419 e. The minimum Gasteiger partial charge on any atom is -0.491 e. The van der Waals surface area contributed by atoms with Gasteiger partial charge in [0.2, 0.25) is 5.91 Å². The lowest BCUT2D eigenvalue weighted by Gasteiger charge is -2.27. The van der Waals surface area contributed by atoms with Gasteiger partial charge in [0.25, 0.3) is 0 Å². The van der Waals surface area contributed by atoms with E-state index in [0.717, 1.165) is 31.7 Å². The number of nitrogens with one attached hydrogen (secondary N) is 1. The predicted octanol–water partition coefficient (Wildman–Crippen LogP) is 6.04. The third-order valence-electron chi connectivity index (χ3n) is 5.79. The predicted molar refractivity (Wildman–Crippen MR) is 123 cm³/mol. The zero-order valence-corrected chi connectivity index (χ0v) is 19.3. The first-order chi connectivity index (χ1) is 15.4. The molecule has 1 aromatic carbocycles. The van der Waals surface area contributed by atoms with Crippen LogP contribution in [0.2, 0.25) is 0 Å². The zero-order valence-electron chi connectivity index (χ0n) is 19.3. The Morgan fingerprint density at radius 3 is 2.48 bits per heavy atom. The number of halogens is 3. The first kappa shape index (κ1) is 25.0. The Balaban J connectivity index is 1.82. The van der Waals surface area contributed by atoms with E-state index in [1.807, 2.05) is 13.8 Å². The molecule has 5 nitrogen and oxygen atoms in total. The molecule has 1 saturated carbocycles. The molecule has 180 valence electrons. The second-order valence-electron chi connectivity index (χ2n) is 9.65. The number of nitrogens with zero attached hydrogens (tertiary/aromatic N) is 1. The number of carbonyl (C=O) groups is 1. The maximum atomic E-state index is 13.8. The molecule has 0 radical (unpaired) electrons. The highest BCUT2D eigenvalue weighted by molar-refractivity contribution is 5.92. The lowest BCUT2D eigenvalue weighted by atomic mass is 9.93. The molecule has 0 aliphatic heterocycles. The fraction of sp³-hybridized carbons (Fsp3) is 0.520. The number of rotatable bonds is 8. The number of hydrogen-bond acceptors (Lipinski definition) is 4. The van der Waals surface area contributed by atoms with Gasteiger partial charge in [0.15, 0.2) is 0 Å². The molecule has 1 aliphatic rings. The fourth-order valence-corrected chi connectivity index (χ4v) is 4.39. The zero-order chi connectivity index (χ0) is 24.2. The van der Waals surface area contributed by atoms with Gasteiger partial charge >= 0.3 is 6.18 Å². The van der Waals surface area contributed by atoms with Crippen molar-refractivity contribution in [2.24, 2.45) is 17.6 Å². The van der Waals surface area contributed by atoms with E-state index in [4.69, 9.17) is 10.5 Å². The Morgan fingerprint density at radius 2 is 1.85 bits per heavy atom. The van der Waals surface area contributed by atoms with E-state index >= 15 is 0 Å². The van der Waals surface area contributed by atoms with Gasteiger partial charge in [-0.2, -0.15) is 13.2 Å². The van der Waals surface area contributed by atoms with Crippen molar-refractivity contribution in [3.8, 4) is 16.9 Å². The topological polar surface area (TPSA) is 77.2 Å². The Bertz CT molecular complexity index is 968. The number of carbonyl (C=O) groups excluding carboxylic acids is 1. The van der Waals surface area contributed by atoms with E-state index in [2.05, 4.69) is 10.3 Å². The molecule has 1 unspecified atom stereocenters. The van der Waals surface area contributed by atoms with Crippen LogP contribution < -0.4 is 15.8 Å². The number of hydrogen-bond donors (Lipinski definition) is 2. The summed E-state index contributed by atoms with van der Waals surface area (Å²) < 4.78 is 47.0. The van der Waals surface area contributed by atoms with Crippen LogP contribution in [0.1, 0.15) is 58.4 Å². The van der Waals surface area contributed by atoms with Crippen LogP contribution in [0.5, 0.6) is 5.75 Å². The molecule has 1 atom stereocenters. The third-order valence-corrected chi connectivity index (χ3v) is 5.79. The van der Waals surface area contributed by atoms with Crippen LogP contribution in [0.15, 0.2) is 36.5 Å². The monoisotopic (exact) mass is 463 g/mol. The summed E-state index contributed by atoms with van der Waals surface area (Å²) in [6, 6.07) is 7.15. The van der Waals surface area contributed by atoms with Gasteiger partial charge in [0, 0.05) is 17.7 Å². The van der Waals surface area contributed by atoms with Crippen LogP contribution >= 0.6 is 0 Å². The summed E-state index contributed by atoms with van der Waals surface area (Å²) >= 11 is 0. The van der Waals surface area contributed by atoms with Crippen molar-refractivity contribution >= 4 is 11.7 Å². The van der Waals surface area contributed by atoms with Gasteiger partial charge in [-0.1, -0.05) is 32.8 Å². The Hall–Kier alpha value is -2.61. The van der Waals surface area contributed by atoms with Crippen molar-refractivity contribution in [3.63, 3.8) is 0 Å². The van der Waals surface area contributed by atoms with E-state index in [1.54, 1.807) is 25.1 Å². The van der Waals surface area contributed by atoms with Crippen LogP contribution in [0.3, 0.4) is 0 Å². The highest BCUT2D eigenvalue weighted by atomic mass is 19.4. The van der Waals surface area contributed by atoms with Crippen molar-refractivity contribution < 1.29 is 22.7 Å². The molecule has 33 heavy (non-hydrogen) atoms. The molecule has 2 aromatic rings. The average molecular weight is 464 g/mol. The number of amides is 1. The molecular formula is C25H32F3N3O2. The second-order valence-corrected chi connectivity index (χ2v) is 9.65. The lowest BCUT2D eigenvalue weighted by Crippen LogP contribution is -2.43. The van der Waals surface area contributed by atoms with Gasteiger partial charge in [-0.25, -0.2) is 4.98 Å². The van der Waals surface area contributed by atoms with Crippen LogP contribution in [-0.2, 0) is 11.0 Å². The van der Waals surface area contributed by atoms with E-state index in [1.165, 1.54) is 12.3 Å². The van der Waals surface area contributed by atoms with Gasteiger partial charge in [0.1, 0.15) is 18.2 Å². The standard InChI is InChI=1S/C25H32F3N3O2/c1-16(2)14-24(3,29)15-33-21-9-8-18(12-20(21)25(26,27)28)19-10-11-30-22(13-19)31-23(32)17-6-4-5-7-17/h8-13,16-17H,4-7,14-15,29H2,1-3H3,(H,30,31,32). The number of ether oxygens (including phenoxy) is 1. The minimum atomic E-state index is -4.60. The highest BCUT2D eigenvalue weighted by Gasteiger charge is 2.35. The van der Waals surface area contributed by atoms with Crippen molar-refractivity contribution in [2.75, 3.05) is 11.9 Å². The quantitative estimate of drug-likeness (QED) is 0.500. The Morgan fingerprint density at radius 1 is 1.18 bits per heavy atom. The number of alkyl halides is 3. The summed E-state index contributed by atoms with van der Waals surface area (Å²) in [5.41, 5.74) is 5.46. The first-order valence-electron chi connectivity index (χ1n) is 11.3. The van der Waals surface area contributed by atoms with Crippen LogP contribution in [0.25, 0.3) is 11.1 Å². The summed E-state index contributed by atoms with van der Waals surface area (Å²) in [6.45, 7) is 5.74. The second kappa shape index (κ2) is 10.1. The lowest BCUT2D eigenvalue weighted by molar-refractivity contribution is -0.139. The normalized spacial score (nSPS) is 16.6. The van der Waals surface area contributed by atoms with Crippen LogP contribution in [0.4, 0.5) is 19.0 Å². The summed E-state index contributed by atoms with van der Waals surface area (Å²) in [5, 5.41) is 2.79. The van der Waals surface area contributed by atoms with Gasteiger partial charge in [-0.15, -0.1) is 0 Å². The van der Waals surface area contributed by atoms with Crippen molar-refractivity contribution in [1.29, 1.82) is 0 Å². The van der Waals surface area contributed by atoms with Crippen molar-refractivity contribution in [1.82, 2.24) is 4.98 Å². The number of aromatic nitrogens is 1. The molecule has 0 spiro atoms. The van der Waals surface area contributed by atoms with Gasteiger partial charge in [-0.05, 0) is 67.5 Å². The summed E-state index contributed by atoms with van der Waals surface area (Å²) in [5.74, 6) is 0.236. The first-order valence-corrected chi connectivity index (χ1v) is 11.3. The molecule has 1 heterocycles.